The van der Waals surface area contributed by atoms with E-state index in [0.29, 0.717) is 11.8 Å². The third-order valence-electron chi connectivity index (χ3n) is 3.95. The molecule has 0 saturated carbocycles. The van der Waals surface area contributed by atoms with Gasteiger partial charge in [-0.3, -0.25) is 0 Å². The van der Waals surface area contributed by atoms with E-state index in [2.05, 4.69) is 72.9 Å². The van der Waals surface area contributed by atoms with Gasteiger partial charge in [0, 0.05) is 12.5 Å². The SMILES string of the molecule is CCNc1nc(C2Cc3ccccc32)nc(C(C)C)c1I. The molecule has 0 bridgehead atoms. The van der Waals surface area contributed by atoms with Gasteiger partial charge in [0.2, 0.25) is 0 Å². The highest BCUT2D eigenvalue weighted by atomic mass is 127. The fourth-order valence-corrected chi connectivity index (χ4v) is 3.85. The van der Waals surface area contributed by atoms with Crippen LogP contribution in [0.2, 0.25) is 0 Å². The van der Waals surface area contributed by atoms with Gasteiger partial charge < -0.3 is 5.32 Å². The van der Waals surface area contributed by atoms with Crippen LogP contribution in [0.15, 0.2) is 24.3 Å². The van der Waals surface area contributed by atoms with Gasteiger partial charge >= 0.3 is 0 Å². The number of benzene rings is 1. The van der Waals surface area contributed by atoms with Crippen LogP contribution in [0.4, 0.5) is 5.82 Å². The number of rotatable bonds is 4. The van der Waals surface area contributed by atoms with Gasteiger partial charge in [-0.2, -0.15) is 0 Å². The summed E-state index contributed by atoms with van der Waals surface area (Å²) in [7, 11) is 0. The quantitative estimate of drug-likeness (QED) is 0.787. The van der Waals surface area contributed by atoms with Crippen LogP contribution in [0.1, 0.15) is 55.3 Å². The summed E-state index contributed by atoms with van der Waals surface area (Å²) in [6, 6.07) is 8.61. The zero-order valence-electron chi connectivity index (χ0n) is 12.7. The maximum Gasteiger partial charge on any atom is 0.143 e. The highest BCUT2D eigenvalue weighted by molar-refractivity contribution is 14.1. The summed E-state index contributed by atoms with van der Waals surface area (Å²) in [5.41, 5.74) is 3.97. The minimum atomic E-state index is 0.355. The predicted octanol–water partition coefficient (Wildman–Crippen LogP) is 4.32. The highest BCUT2D eigenvalue weighted by Crippen LogP contribution is 2.39. The Hall–Kier alpha value is -1.17. The van der Waals surface area contributed by atoms with Crippen molar-refractivity contribution in [3.8, 4) is 0 Å². The van der Waals surface area contributed by atoms with Gasteiger partial charge in [-0.1, -0.05) is 38.1 Å². The zero-order chi connectivity index (χ0) is 15.0. The summed E-state index contributed by atoms with van der Waals surface area (Å²) in [6.45, 7) is 7.37. The zero-order valence-corrected chi connectivity index (χ0v) is 14.8. The van der Waals surface area contributed by atoms with Crippen molar-refractivity contribution in [2.45, 2.75) is 39.0 Å². The molecular formula is C17H20IN3. The molecule has 21 heavy (non-hydrogen) atoms. The molecule has 1 unspecified atom stereocenters. The minimum absolute atomic E-state index is 0.355. The molecule has 1 N–H and O–H groups in total. The Morgan fingerprint density at radius 1 is 1.29 bits per heavy atom. The summed E-state index contributed by atoms with van der Waals surface area (Å²) in [4.78, 5) is 9.67. The van der Waals surface area contributed by atoms with Crippen molar-refractivity contribution in [3.63, 3.8) is 0 Å². The molecule has 1 atom stereocenters. The molecule has 0 amide bonds. The highest BCUT2D eigenvalue weighted by Gasteiger charge is 2.30. The van der Waals surface area contributed by atoms with E-state index in [-0.39, 0.29) is 0 Å². The Morgan fingerprint density at radius 3 is 2.71 bits per heavy atom. The van der Waals surface area contributed by atoms with E-state index in [0.717, 1.165) is 33.9 Å². The van der Waals surface area contributed by atoms with Crippen molar-refractivity contribution >= 4 is 28.4 Å². The lowest BCUT2D eigenvalue weighted by Gasteiger charge is -2.29. The minimum Gasteiger partial charge on any atom is -0.369 e. The fourth-order valence-electron chi connectivity index (χ4n) is 2.79. The van der Waals surface area contributed by atoms with Crippen molar-refractivity contribution < 1.29 is 0 Å². The molecule has 4 heteroatoms. The van der Waals surface area contributed by atoms with Crippen molar-refractivity contribution in [1.82, 2.24) is 9.97 Å². The van der Waals surface area contributed by atoms with E-state index in [1.165, 1.54) is 11.1 Å². The van der Waals surface area contributed by atoms with Gasteiger partial charge in [-0.15, -0.1) is 0 Å². The number of aromatic nitrogens is 2. The standard InChI is InChI=1S/C17H20IN3/c1-4-19-17-14(18)15(10(2)3)20-16(21-17)13-9-11-7-5-6-8-12(11)13/h5-8,10,13H,4,9H2,1-3H3,(H,19,20,21). The topological polar surface area (TPSA) is 37.8 Å². The van der Waals surface area contributed by atoms with Gasteiger partial charge in [-0.25, -0.2) is 9.97 Å². The summed E-state index contributed by atoms with van der Waals surface area (Å²) in [6.07, 6.45) is 1.06. The number of hydrogen-bond donors (Lipinski definition) is 1. The molecule has 0 fully saturated rings. The second-order valence-electron chi connectivity index (χ2n) is 5.77. The normalized spacial score (nSPS) is 16.5. The number of hydrogen-bond acceptors (Lipinski definition) is 3. The molecule has 0 aliphatic heterocycles. The Morgan fingerprint density at radius 2 is 2.05 bits per heavy atom. The lowest BCUT2D eigenvalue weighted by molar-refractivity contribution is 0.645. The molecule has 0 spiro atoms. The average molecular weight is 393 g/mol. The third kappa shape index (κ3) is 2.65. The van der Waals surface area contributed by atoms with Crippen LogP contribution in [-0.4, -0.2) is 16.5 Å². The van der Waals surface area contributed by atoms with E-state index in [1.807, 2.05) is 0 Å². The van der Waals surface area contributed by atoms with Crippen LogP contribution in [0.25, 0.3) is 0 Å². The maximum absolute atomic E-state index is 4.88. The second kappa shape index (κ2) is 5.91. The largest absolute Gasteiger partial charge is 0.369 e. The van der Waals surface area contributed by atoms with Crippen LogP contribution >= 0.6 is 22.6 Å². The van der Waals surface area contributed by atoms with Crippen LogP contribution < -0.4 is 5.32 Å². The molecule has 3 nitrogen and oxygen atoms in total. The molecule has 1 aromatic heterocycles. The first kappa shape index (κ1) is 14.8. The molecule has 110 valence electrons. The number of halogens is 1. The molecule has 0 radical (unpaired) electrons. The molecule has 1 aromatic carbocycles. The van der Waals surface area contributed by atoms with Gasteiger partial charge in [0.1, 0.15) is 11.6 Å². The Kier molecular flexibility index (Phi) is 4.15. The molecule has 1 aliphatic rings. The Bertz CT molecular complexity index is 667. The molecule has 2 aromatic rings. The van der Waals surface area contributed by atoms with E-state index >= 15 is 0 Å². The van der Waals surface area contributed by atoms with Crippen molar-refractivity contribution in [2.24, 2.45) is 0 Å². The first-order chi connectivity index (χ1) is 10.1. The summed E-state index contributed by atoms with van der Waals surface area (Å²) >= 11 is 2.36. The lowest BCUT2D eigenvalue weighted by Crippen LogP contribution is -2.22. The van der Waals surface area contributed by atoms with Crippen LogP contribution in [0.3, 0.4) is 0 Å². The molecule has 1 heterocycles. The van der Waals surface area contributed by atoms with E-state index in [1.54, 1.807) is 0 Å². The molecule has 1 aliphatic carbocycles. The van der Waals surface area contributed by atoms with E-state index in [9.17, 15) is 0 Å². The van der Waals surface area contributed by atoms with Gasteiger partial charge in [-0.05, 0) is 53.0 Å². The van der Waals surface area contributed by atoms with Crippen LogP contribution in [0.5, 0.6) is 0 Å². The molecule has 0 saturated heterocycles. The van der Waals surface area contributed by atoms with Crippen molar-refractivity contribution in [2.75, 3.05) is 11.9 Å². The van der Waals surface area contributed by atoms with Gasteiger partial charge in [0.15, 0.2) is 0 Å². The summed E-state index contributed by atoms with van der Waals surface area (Å²) < 4.78 is 1.15. The van der Waals surface area contributed by atoms with Crippen molar-refractivity contribution in [3.05, 3.63) is 50.5 Å². The summed E-state index contributed by atoms with van der Waals surface area (Å²) in [5.74, 6) is 2.71. The maximum atomic E-state index is 4.88. The first-order valence-corrected chi connectivity index (χ1v) is 8.58. The number of fused-ring (bicyclic) bond motifs is 1. The van der Waals surface area contributed by atoms with Gasteiger partial charge in [0.05, 0.1) is 9.26 Å². The fraction of sp³-hybridized carbons (Fsp3) is 0.412. The average Bonchev–Trinajstić information content (AvgIpc) is 2.43. The predicted molar refractivity (Wildman–Crippen MR) is 95.0 cm³/mol. The van der Waals surface area contributed by atoms with Crippen LogP contribution in [-0.2, 0) is 6.42 Å². The molecule has 3 rings (SSSR count). The number of anilines is 1. The van der Waals surface area contributed by atoms with E-state index in [4.69, 9.17) is 9.97 Å². The molecular weight excluding hydrogens is 373 g/mol. The first-order valence-electron chi connectivity index (χ1n) is 7.50. The van der Waals surface area contributed by atoms with Gasteiger partial charge in [0.25, 0.3) is 0 Å². The Balaban J connectivity index is 2.04. The van der Waals surface area contributed by atoms with E-state index < -0.39 is 0 Å². The summed E-state index contributed by atoms with van der Waals surface area (Å²) in [5, 5.41) is 3.38. The number of nitrogens with zero attached hydrogens (tertiary/aromatic N) is 2. The van der Waals surface area contributed by atoms with Crippen LogP contribution in [0, 0.1) is 3.57 Å². The second-order valence-corrected chi connectivity index (χ2v) is 6.85. The smallest absolute Gasteiger partial charge is 0.143 e. The monoisotopic (exact) mass is 393 g/mol. The number of nitrogens with one attached hydrogen (secondary N) is 1. The van der Waals surface area contributed by atoms with Crippen molar-refractivity contribution in [1.29, 1.82) is 0 Å². The Labute approximate surface area is 139 Å². The lowest BCUT2D eigenvalue weighted by atomic mass is 9.77. The third-order valence-corrected chi connectivity index (χ3v) is 5.01.